The second kappa shape index (κ2) is 34.0. The van der Waals surface area contributed by atoms with Gasteiger partial charge in [-0.25, -0.2) is 62.1 Å². The van der Waals surface area contributed by atoms with Gasteiger partial charge in [0.1, 0.15) is 103 Å². The van der Waals surface area contributed by atoms with E-state index in [0.29, 0.717) is 22.4 Å². The monoisotopic (exact) mass is 1750 g/mol. The highest BCUT2D eigenvalue weighted by atomic mass is 31.3. The fourth-order valence-corrected chi connectivity index (χ4v) is 19.4. The van der Waals surface area contributed by atoms with E-state index in [0.717, 1.165) is 43.7 Å². The Morgan fingerprint density at radius 3 is 1.60 bits per heavy atom. The average molecular weight is 1750 g/mol. The number of benzene rings is 3. The Labute approximate surface area is 662 Å². The number of H-pyrrole nitrogens is 2. The van der Waals surface area contributed by atoms with Gasteiger partial charge in [0, 0.05) is 40.6 Å². The molecule has 21 atom stereocenters. The number of aryl methyl sites for hydroxylation is 1. The van der Waals surface area contributed by atoms with Gasteiger partial charge in [0.15, 0.2) is 53.5 Å². The summed E-state index contributed by atoms with van der Waals surface area (Å²) in [6, 6.07) is 26.7. The number of ether oxygens (including phenoxy) is 7. The molecule has 4 saturated heterocycles. The van der Waals surface area contributed by atoms with Crippen LogP contribution in [0.5, 0.6) is 5.75 Å². The number of nitrogens with zero attached hydrogens (tertiary/aromatic N) is 13. The summed E-state index contributed by atoms with van der Waals surface area (Å²) >= 11 is 0. The van der Waals surface area contributed by atoms with Crippen molar-refractivity contribution in [1.29, 1.82) is 0 Å². The molecule has 4 fully saturated rings. The molecular formula is C64H77N17O32P5+. The molecule has 118 heavy (non-hydrogen) atoms. The van der Waals surface area contributed by atoms with E-state index >= 15 is 0 Å². The average Bonchev–Trinajstić information content (AvgIpc) is 1.59. The quantitative estimate of drug-likeness (QED) is 0.0149. The molecular weight excluding hydrogens is 1670 g/mol. The summed E-state index contributed by atoms with van der Waals surface area (Å²) < 4.78 is 158. The zero-order valence-electron chi connectivity index (χ0n) is 62.2. The van der Waals surface area contributed by atoms with Crippen molar-refractivity contribution in [3.63, 3.8) is 0 Å². The van der Waals surface area contributed by atoms with Crippen LogP contribution in [0.1, 0.15) is 41.6 Å². The van der Waals surface area contributed by atoms with Crippen LogP contribution in [0.2, 0.25) is 0 Å². The number of aliphatic hydroxyl groups excluding tert-OH is 4. The molecule has 11 heterocycles. The Kier molecular flexibility index (Phi) is 24.7. The third kappa shape index (κ3) is 17.5. The van der Waals surface area contributed by atoms with Crippen LogP contribution in [0.4, 0.5) is 17.6 Å². The number of methoxy groups -OCH3 is 3. The van der Waals surface area contributed by atoms with Crippen molar-refractivity contribution in [2.45, 2.75) is 104 Å². The molecule has 54 heteroatoms. The minimum absolute atomic E-state index is 0.00640. The third-order valence-electron chi connectivity index (χ3n) is 19.4. The van der Waals surface area contributed by atoms with Crippen molar-refractivity contribution in [1.82, 2.24) is 63.1 Å². The lowest BCUT2D eigenvalue weighted by Crippen LogP contribution is -2.46. The van der Waals surface area contributed by atoms with Gasteiger partial charge in [-0.1, -0.05) is 77.8 Å². The fourth-order valence-electron chi connectivity index (χ4n) is 14.0. The standard InChI is InChI=1S/C64H76N17O32P5/c1-76(2)62-73-56-43(57(87)74-62)77(3)31-81(56)59-47(86)45(84)37(107-59)24-104-116(93,94)112-118(97,98)113-117(95,96)105-26-39-49(51(101-6)61(109-39)80-30-71-42-53(67-28-69-55(42)80)75-64(32-13-9-7-10-14-32,33-15-11-8-12-16-33)34-17-19-35(99-4)20-18-34)111-115(91,92)103-25-38-48(50(100-5)60(108-38)78-22-21-40(82)72-63(78)88)110-114(89,90)102-23-36-44(83)46(85)58(106-36)79-29-70-41-52(65)66-27-68-54(41)79/h7-22,27-31,36-39,44-51,58-61,83-86H,23-26H2,1-6H3,(H9-,65,66,67,68,69,72,73,74,75,82,87,88,89,90,91,92,93,94,95,96,97,98)/p+1/t36-,37-,38-,39-,44-,45-,46-,47-,48-,49-,50-,51-,58-,59-,60-,61-/m1/s1. The van der Waals surface area contributed by atoms with E-state index in [1.807, 2.05) is 77.8 Å². The van der Waals surface area contributed by atoms with Crippen molar-refractivity contribution in [2.24, 2.45) is 7.05 Å². The first-order valence-electron chi connectivity index (χ1n) is 35.1. The number of nitrogens with two attached hydrogens (primary N) is 1. The van der Waals surface area contributed by atoms with Crippen LogP contribution >= 0.6 is 39.1 Å². The van der Waals surface area contributed by atoms with E-state index < -0.39 is 186 Å². The highest BCUT2D eigenvalue weighted by Crippen LogP contribution is 2.68. The number of hydrogen-bond donors (Lipinski definition) is 13. The van der Waals surface area contributed by atoms with Gasteiger partial charge >= 0.3 is 50.5 Å². The number of anilines is 3. The number of imidazole rings is 3. The number of aromatic nitrogens is 14. The predicted octanol–water partition coefficient (Wildman–Crippen LogP) is 0.275. The second-order valence-electron chi connectivity index (χ2n) is 27.0. The van der Waals surface area contributed by atoms with Gasteiger partial charge < -0.3 is 94.0 Å². The van der Waals surface area contributed by atoms with Crippen LogP contribution in [-0.2, 0) is 99.6 Å². The molecule has 0 aliphatic carbocycles. The van der Waals surface area contributed by atoms with Crippen LogP contribution in [0.3, 0.4) is 0 Å². The van der Waals surface area contributed by atoms with E-state index in [1.54, 1.807) is 26.2 Å². The number of hydrogen-bond acceptors (Lipinski definition) is 37. The second-order valence-corrected chi connectivity index (χ2v) is 34.5. The maximum atomic E-state index is 14.8. The molecule has 7 aromatic heterocycles. The number of fused-ring (bicyclic) bond motifs is 3. The number of nitrogen functional groups attached to an aromatic ring is 1. The van der Waals surface area contributed by atoms with Crippen LogP contribution in [0.25, 0.3) is 33.5 Å². The molecule has 4 aliphatic heterocycles. The van der Waals surface area contributed by atoms with Crippen LogP contribution < -0.4 is 42.1 Å². The van der Waals surface area contributed by atoms with Crippen LogP contribution in [0.15, 0.2) is 143 Å². The summed E-state index contributed by atoms with van der Waals surface area (Å²) in [6.07, 6.45) is -21.8. The molecule has 3 aromatic carbocycles. The third-order valence-corrected chi connectivity index (χ3v) is 25.7. The molecule has 49 nitrogen and oxygen atoms in total. The van der Waals surface area contributed by atoms with E-state index in [1.165, 1.54) is 56.3 Å². The van der Waals surface area contributed by atoms with Crippen molar-refractivity contribution in [3.8, 4) is 5.75 Å². The number of aliphatic hydroxyl groups is 4. The van der Waals surface area contributed by atoms with Crippen molar-refractivity contribution >= 4 is 90.2 Å². The maximum Gasteiger partial charge on any atom is 0.490 e. The predicted molar refractivity (Wildman–Crippen MR) is 398 cm³/mol. The van der Waals surface area contributed by atoms with Crippen molar-refractivity contribution < 1.29 is 141 Å². The van der Waals surface area contributed by atoms with Crippen molar-refractivity contribution in [2.75, 3.05) is 77.8 Å². The number of aromatic amines is 2. The molecule has 4 aliphatic rings. The Morgan fingerprint density at radius 1 is 0.559 bits per heavy atom. The van der Waals surface area contributed by atoms with Gasteiger partial charge in [0.05, 0.1) is 53.2 Å². The molecule has 0 spiro atoms. The lowest BCUT2D eigenvalue weighted by Gasteiger charge is -2.37. The SMILES string of the molecule is COc1ccc(C(Nc2ncnc3c2ncn3[C@@H]2O[C@H](COP(=O)(O)OP(=O)(O)OP(=O)(O)OC[C@H]3O[C@@H]([n+]4cn(C)c5c(=O)[nH]c(N(C)C)nc54)[C@H](O)[C@@H]3O)[C@@H](OP(=O)(O)OC[C@H]3O[C@@H](n4ccc(=O)[nH]c4=O)[C@H](OC)[C@@H]3OP(=O)(O)OC[C@H]3O[C@@H](n4cnc5c(N)ncnc54)[C@H](O)[C@@H]3O)[C@H]2OC)(c2ccccc2)c2ccccc2)cc1. The number of nitrogens with one attached hydrogen (secondary N) is 3. The molecule has 0 saturated carbocycles. The first-order valence-corrected chi connectivity index (χ1v) is 42.6. The van der Waals surface area contributed by atoms with E-state index in [9.17, 15) is 82.1 Å². The molecule has 5 unspecified atom stereocenters. The Bertz CT molecular complexity index is 5720. The largest absolute Gasteiger partial charge is 0.497 e. The molecule has 0 radical (unpaired) electrons. The van der Waals surface area contributed by atoms with Crippen molar-refractivity contribution in [3.05, 3.63) is 177 Å². The summed E-state index contributed by atoms with van der Waals surface area (Å²) in [4.78, 5) is 131. The van der Waals surface area contributed by atoms with E-state index in [4.69, 9.17) is 66.0 Å². The summed E-state index contributed by atoms with van der Waals surface area (Å²) in [6.45, 7) is -4.85. The minimum Gasteiger partial charge on any atom is -0.497 e. The van der Waals surface area contributed by atoms with Gasteiger partial charge in [-0.2, -0.15) is 8.62 Å². The van der Waals surface area contributed by atoms with Gasteiger partial charge in [-0.15, -0.1) is 0 Å². The zero-order valence-corrected chi connectivity index (χ0v) is 66.7. The number of phosphoric ester groups is 4. The molecule has 634 valence electrons. The summed E-state index contributed by atoms with van der Waals surface area (Å²) in [7, 11) is -21.7. The van der Waals surface area contributed by atoms with Gasteiger partial charge in [0.2, 0.25) is 11.7 Å². The minimum atomic E-state index is -6.39. The Morgan fingerprint density at radius 2 is 1.05 bits per heavy atom. The van der Waals surface area contributed by atoms with Gasteiger partial charge in [0.25, 0.3) is 17.1 Å². The smallest absolute Gasteiger partial charge is 0.490 e. The maximum absolute atomic E-state index is 14.8. The first-order chi connectivity index (χ1) is 56.0. The fraction of sp³-hybridized carbons (Fsp3) is 0.422. The van der Waals surface area contributed by atoms with Crippen LogP contribution in [-0.4, -0.2) is 243 Å². The normalized spacial score (nSPS) is 27.4. The molecule has 0 bridgehead atoms. The topological polar surface area (TPSA) is 644 Å². The highest BCUT2D eigenvalue weighted by molar-refractivity contribution is 7.66. The summed E-state index contributed by atoms with van der Waals surface area (Å²) in [5, 5.41) is 48.0. The molecule has 10 aromatic rings. The molecule has 0 amide bonds. The van der Waals surface area contributed by atoms with Gasteiger partial charge in [-0.3, -0.25) is 65.0 Å². The summed E-state index contributed by atoms with van der Waals surface area (Å²) in [5.41, 5.74) is 4.30. The summed E-state index contributed by atoms with van der Waals surface area (Å²) in [5.74, 6) is 0.693. The van der Waals surface area contributed by atoms with E-state index in [2.05, 4.69) is 53.8 Å². The lowest BCUT2D eigenvalue weighted by molar-refractivity contribution is -0.745. The number of phosphoric acid groups is 5. The number of rotatable bonds is 33. The first kappa shape index (κ1) is 85.6. The molecule has 14 N–H and O–H groups in total. The van der Waals surface area contributed by atoms with Crippen LogP contribution in [0, 0.1) is 0 Å². The van der Waals surface area contributed by atoms with Gasteiger partial charge in [-0.05, 0) is 28.8 Å². The highest BCUT2D eigenvalue weighted by Gasteiger charge is 2.56. The molecule has 14 rings (SSSR count). The Hall–Kier alpha value is -8.78. The lowest BCUT2D eigenvalue weighted by atomic mass is 9.77. The Balaban J connectivity index is 0.727. The zero-order chi connectivity index (χ0) is 84.3. The van der Waals surface area contributed by atoms with E-state index in [-0.39, 0.29) is 51.1 Å².